The fraction of sp³-hybridized carbons (Fsp3) is 0.500. The number of carbonyl (C=O) groups is 3. The predicted octanol–water partition coefficient (Wildman–Crippen LogP) is 4.08. The topological polar surface area (TPSA) is 94.6 Å². The molecular weight excluding hydrogens is 509 g/mol. The minimum Gasteiger partial charge on any atom is -0.354 e. The van der Waals surface area contributed by atoms with Gasteiger partial charge < -0.3 is 20.4 Å². The number of benzene rings is 1. The van der Waals surface area contributed by atoms with Crippen molar-refractivity contribution in [2.75, 3.05) is 38.0 Å². The molecule has 8 nitrogen and oxygen atoms in total. The van der Waals surface area contributed by atoms with Crippen LogP contribution in [0.1, 0.15) is 49.2 Å². The fourth-order valence-corrected chi connectivity index (χ4v) is 4.83. The Morgan fingerprint density at radius 3 is 2.54 bits per heavy atom. The monoisotopic (exact) mass is 539 g/mol. The Morgan fingerprint density at radius 2 is 1.86 bits per heavy atom. The largest absolute Gasteiger partial charge is 0.354 e. The van der Waals surface area contributed by atoms with E-state index in [1.807, 2.05) is 13.8 Å². The van der Waals surface area contributed by atoms with Gasteiger partial charge >= 0.3 is 0 Å². The summed E-state index contributed by atoms with van der Waals surface area (Å²) in [6, 6.07) is 4.40. The highest BCUT2D eigenvalue weighted by Crippen LogP contribution is 2.24. The molecule has 3 rings (SSSR count). The summed E-state index contributed by atoms with van der Waals surface area (Å²) in [5.74, 6) is -0.794. The summed E-state index contributed by atoms with van der Waals surface area (Å²) >= 11 is 13.2. The Kier molecular flexibility index (Phi) is 10.3. The molecule has 1 fully saturated rings. The van der Waals surface area contributed by atoms with Crippen LogP contribution in [-0.4, -0.2) is 71.3 Å². The fourth-order valence-electron chi connectivity index (χ4n) is 3.81. The number of rotatable bonds is 10. The van der Waals surface area contributed by atoms with Crippen molar-refractivity contribution in [2.45, 2.75) is 45.6 Å². The van der Waals surface area contributed by atoms with Crippen LogP contribution in [0.15, 0.2) is 23.6 Å². The van der Waals surface area contributed by atoms with Crippen LogP contribution in [0, 0.1) is 0 Å². The van der Waals surface area contributed by atoms with Gasteiger partial charge in [0.25, 0.3) is 5.91 Å². The van der Waals surface area contributed by atoms with Crippen molar-refractivity contribution in [1.29, 1.82) is 0 Å². The van der Waals surface area contributed by atoms with Crippen LogP contribution in [0.5, 0.6) is 0 Å². The number of aromatic nitrogens is 1. The zero-order valence-electron chi connectivity index (χ0n) is 20.0. The van der Waals surface area contributed by atoms with Crippen molar-refractivity contribution in [2.24, 2.45) is 0 Å². The number of anilines is 1. The van der Waals surface area contributed by atoms with Gasteiger partial charge in [-0.25, -0.2) is 4.98 Å². The number of amides is 3. The molecule has 0 bridgehead atoms. The molecule has 11 heteroatoms. The molecule has 0 atom stereocenters. The molecule has 2 heterocycles. The van der Waals surface area contributed by atoms with Gasteiger partial charge in [0.1, 0.15) is 6.54 Å². The first-order valence-corrected chi connectivity index (χ1v) is 13.4. The molecule has 0 unspecified atom stereocenters. The van der Waals surface area contributed by atoms with Crippen molar-refractivity contribution in [3.8, 4) is 0 Å². The average Bonchev–Trinajstić information content (AvgIpc) is 3.25. The first-order valence-electron chi connectivity index (χ1n) is 11.7. The van der Waals surface area contributed by atoms with Gasteiger partial charge in [0.15, 0.2) is 5.13 Å². The third-order valence-corrected chi connectivity index (χ3v) is 7.25. The van der Waals surface area contributed by atoms with Gasteiger partial charge in [-0.1, -0.05) is 29.6 Å². The van der Waals surface area contributed by atoms with Crippen molar-refractivity contribution >= 4 is 57.4 Å². The molecule has 0 saturated carbocycles. The van der Waals surface area contributed by atoms with E-state index in [0.29, 0.717) is 28.0 Å². The van der Waals surface area contributed by atoms with E-state index in [1.165, 1.54) is 41.6 Å². The van der Waals surface area contributed by atoms with E-state index in [9.17, 15) is 14.4 Å². The quantitative estimate of drug-likeness (QED) is 0.474. The molecule has 190 valence electrons. The average molecular weight is 541 g/mol. The Labute approximate surface area is 220 Å². The van der Waals surface area contributed by atoms with E-state index >= 15 is 0 Å². The highest BCUT2D eigenvalue weighted by atomic mass is 35.5. The molecule has 35 heavy (non-hydrogen) atoms. The lowest BCUT2D eigenvalue weighted by Crippen LogP contribution is -2.42. The van der Waals surface area contributed by atoms with E-state index in [4.69, 9.17) is 23.2 Å². The van der Waals surface area contributed by atoms with Gasteiger partial charge in [-0.15, -0.1) is 11.3 Å². The molecule has 2 N–H and O–H groups in total. The number of hydrogen-bond acceptors (Lipinski definition) is 6. The zero-order chi connectivity index (χ0) is 25.4. The van der Waals surface area contributed by atoms with Gasteiger partial charge in [-0.3, -0.25) is 14.4 Å². The van der Waals surface area contributed by atoms with E-state index in [2.05, 4.69) is 20.5 Å². The summed E-state index contributed by atoms with van der Waals surface area (Å²) in [4.78, 5) is 46.0. The highest BCUT2D eigenvalue weighted by Gasteiger charge is 2.23. The van der Waals surface area contributed by atoms with Crippen LogP contribution in [-0.2, 0) is 16.0 Å². The van der Waals surface area contributed by atoms with E-state index < -0.39 is 0 Å². The second kappa shape index (κ2) is 13.2. The number of thiazole rings is 1. The second-order valence-electron chi connectivity index (χ2n) is 8.78. The number of halogens is 2. The Hall–Kier alpha value is -2.20. The summed E-state index contributed by atoms with van der Waals surface area (Å²) < 4.78 is 0. The van der Waals surface area contributed by atoms with Crippen molar-refractivity contribution < 1.29 is 14.4 Å². The standard InChI is InChI=1S/C24H31Cl2N5O3S/c1-16(2)31(23(34)17-6-7-19(25)20(26)12-17)14-22(33)29-24-28-18(15-35-24)13-21(32)27-8-11-30-9-4-3-5-10-30/h6-7,12,15-16H,3-5,8-11,13-14H2,1-2H3,(H,27,32)(H,28,29,33). The minimum atomic E-state index is -0.376. The summed E-state index contributed by atoms with van der Waals surface area (Å²) in [7, 11) is 0. The van der Waals surface area contributed by atoms with Gasteiger partial charge in [0.2, 0.25) is 11.8 Å². The van der Waals surface area contributed by atoms with Crippen molar-refractivity contribution in [3.05, 3.63) is 44.9 Å². The Balaban J connectivity index is 1.48. The lowest BCUT2D eigenvalue weighted by molar-refractivity contribution is -0.120. The lowest BCUT2D eigenvalue weighted by atomic mass is 10.1. The summed E-state index contributed by atoms with van der Waals surface area (Å²) in [6.45, 7) is 7.17. The lowest BCUT2D eigenvalue weighted by Gasteiger charge is -2.26. The maximum atomic E-state index is 12.9. The molecule has 1 saturated heterocycles. The molecule has 2 aromatic rings. The molecule has 1 aliphatic heterocycles. The highest BCUT2D eigenvalue weighted by molar-refractivity contribution is 7.13. The maximum Gasteiger partial charge on any atom is 0.254 e. The Morgan fingerprint density at radius 1 is 1.11 bits per heavy atom. The normalized spacial score (nSPS) is 14.1. The van der Waals surface area contributed by atoms with Gasteiger partial charge in [-0.05, 0) is 58.0 Å². The van der Waals surface area contributed by atoms with Crippen LogP contribution in [0.2, 0.25) is 10.0 Å². The molecule has 1 aromatic heterocycles. The first-order chi connectivity index (χ1) is 16.7. The number of nitrogens with one attached hydrogen (secondary N) is 2. The molecular formula is C24H31Cl2N5O3S. The third-order valence-electron chi connectivity index (χ3n) is 5.70. The van der Waals surface area contributed by atoms with E-state index in [0.717, 1.165) is 19.6 Å². The zero-order valence-corrected chi connectivity index (χ0v) is 22.3. The summed E-state index contributed by atoms with van der Waals surface area (Å²) in [5, 5.41) is 8.43. The minimum absolute atomic E-state index is 0.0941. The smallest absolute Gasteiger partial charge is 0.254 e. The van der Waals surface area contributed by atoms with Gasteiger partial charge in [-0.2, -0.15) is 0 Å². The molecule has 0 aliphatic carbocycles. The van der Waals surface area contributed by atoms with E-state index in [1.54, 1.807) is 17.5 Å². The third kappa shape index (κ3) is 8.45. The van der Waals surface area contributed by atoms with Crippen LogP contribution >= 0.6 is 34.5 Å². The first kappa shape index (κ1) is 27.4. The molecule has 0 spiro atoms. The van der Waals surface area contributed by atoms with E-state index in [-0.39, 0.29) is 41.8 Å². The number of piperidine rings is 1. The molecule has 3 amide bonds. The molecule has 1 aromatic carbocycles. The van der Waals surface area contributed by atoms with Crippen LogP contribution < -0.4 is 10.6 Å². The Bertz CT molecular complexity index is 1040. The van der Waals surface area contributed by atoms with Crippen LogP contribution in [0.4, 0.5) is 5.13 Å². The number of hydrogen-bond donors (Lipinski definition) is 2. The number of carbonyl (C=O) groups excluding carboxylic acids is 3. The number of likely N-dealkylation sites (tertiary alicyclic amines) is 1. The predicted molar refractivity (Wildman–Crippen MR) is 140 cm³/mol. The summed E-state index contributed by atoms with van der Waals surface area (Å²) in [6.07, 6.45) is 3.88. The molecule has 1 aliphatic rings. The van der Waals surface area contributed by atoms with Crippen LogP contribution in [0.25, 0.3) is 0 Å². The number of nitrogens with zero attached hydrogens (tertiary/aromatic N) is 3. The maximum absolute atomic E-state index is 12.9. The van der Waals surface area contributed by atoms with Crippen molar-refractivity contribution in [3.63, 3.8) is 0 Å². The van der Waals surface area contributed by atoms with Gasteiger partial charge in [0.05, 0.1) is 22.2 Å². The van der Waals surface area contributed by atoms with Crippen LogP contribution in [0.3, 0.4) is 0 Å². The van der Waals surface area contributed by atoms with Crippen molar-refractivity contribution in [1.82, 2.24) is 20.1 Å². The SMILES string of the molecule is CC(C)N(CC(=O)Nc1nc(CC(=O)NCCN2CCCCC2)cs1)C(=O)c1ccc(Cl)c(Cl)c1. The van der Waals surface area contributed by atoms with Gasteiger partial charge in [0, 0.05) is 30.1 Å². The second-order valence-corrected chi connectivity index (χ2v) is 10.4. The summed E-state index contributed by atoms with van der Waals surface area (Å²) in [5.41, 5.74) is 0.942. The molecule has 0 radical (unpaired) electrons.